The van der Waals surface area contributed by atoms with E-state index in [1.165, 1.54) is 0 Å². The van der Waals surface area contributed by atoms with E-state index in [1.807, 2.05) is 6.92 Å². The predicted octanol–water partition coefficient (Wildman–Crippen LogP) is 1.48. The largest absolute Gasteiger partial charge is 0.466 e. The average molecular weight is 214 g/mol. The molecule has 1 aliphatic heterocycles. The first-order chi connectivity index (χ1) is 7.27. The van der Waals surface area contributed by atoms with Crippen LogP contribution in [0.4, 0.5) is 0 Å². The summed E-state index contributed by atoms with van der Waals surface area (Å²) in [4.78, 5) is 11.4. The van der Waals surface area contributed by atoms with Crippen LogP contribution < -0.4 is 0 Å². The number of esters is 1. The Morgan fingerprint density at radius 3 is 2.87 bits per heavy atom. The van der Waals surface area contributed by atoms with E-state index in [4.69, 9.17) is 14.2 Å². The van der Waals surface area contributed by atoms with Crippen molar-refractivity contribution in [3.63, 3.8) is 0 Å². The summed E-state index contributed by atoms with van der Waals surface area (Å²) in [5, 5.41) is 0. The lowest BCUT2D eigenvalue weighted by atomic mass is 9.98. The van der Waals surface area contributed by atoms with Crippen LogP contribution in [0, 0.1) is 5.92 Å². The molecule has 1 unspecified atom stereocenters. The lowest BCUT2D eigenvalue weighted by Gasteiger charge is -2.28. The van der Waals surface area contributed by atoms with Crippen molar-refractivity contribution in [1.82, 2.24) is 0 Å². The molecule has 1 aliphatic carbocycles. The molecule has 2 rings (SSSR count). The van der Waals surface area contributed by atoms with Crippen molar-refractivity contribution >= 4 is 5.97 Å². The molecule has 1 atom stereocenters. The minimum Gasteiger partial charge on any atom is -0.466 e. The molecule has 0 bridgehead atoms. The fourth-order valence-corrected chi connectivity index (χ4v) is 2.55. The van der Waals surface area contributed by atoms with Gasteiger partial charge in [0.15, 0.2) is 5.79 Å². The van der Waals surface area contributed by atoms with Gasteiger partial charge in [0, 0.05) is 12.3 Å². The Bertz CT molecular complexity index is 227. The van der Waals surface area contributed by atoms with E-state index in [-0.39, 0.29) is 11.9 Å². The predicted molar refractivity (Wildman–Crippen MR) is 53.2 cm³/mol. The normalized spacial score (nSPS) is 28.5. The molecule has 4 nitrogen and oxygen atoms in total. The van der Waals surface area contributed by atoms with Crippen LogP contribution in [-0.4, -0.2) is 31.6 Å². The van der Waals surface area contributed by atoms with Gasteiger partial charge in [-0.2, -0.15) is 0 Å². The maximum Gasteiger partial charge on any atom is 0.306 e. The molecule has 0 aromatic rings. The van der Waals surface area contributed by atoms with E-state index in [0.29, 0.717) is 26.2 Å². The van der Waals surface area contributed by atoms with Gasteiger partial charge in [-0.3, -0.25) is 4.79 Å². The molecule has 86 valence electrons. The second-order valence-electron chi connectivity index (χ2n) is 4.11. The zero-order valence-electron chi connectivity index (χ0n) is 9.16. The first-order valence-corrected chi connectivity index (χ1v) is 5.70. The summed E-state index contributed by atoms with van der Waals surface area (Å²) in [7, 11) is 0. The molecular formula is C11H18O4. The molecule has 0 N–H and O–H groups in total. The molecule has 0 amide bonds. The van der Waals surface area contributed by atoms with Gasteiger partial charge >= 0.3 is 5.97 Å². The van der Waals surface area contributed by atoms with Gasteiger partial charge in [0.2, 0.25) is 0 Å². The van der Waals surface area contributed by atoms with Crippen molar-refractivity contribution < 1.29 is 19.0 Å². The SMILES string of the molecule is CCOC(=O)CC1CCCC12OCCO2. The molecule has 1 spiro atoms. The number of carbonyl (C=O) groups excluding carboxylic acids is 1. The molecule has 0 aromatic carbocycles. The van der Waals surface area contributed by atoms with Gasteiger partial charge in [-0.05, 0) is 19.8 Å². The first kappa shape index (κ1) is 10.9. The Morgan fingerprint density at radius 1 is 1.47 bits per heavy atom. The van der Waals surface area contributed by atoms with E-state index in [9.17, 15) is 4.79 Å². The standard InChI is InChI=1S/C11H18O4/c1-2-13-10(12)8-9-4-3-5-11(9)14-6-7-15-11/h9H,2-8H2,1H3. The molecule has 4 heteroatoms. The average Bonchev–Trinajstić information content (AvgIpc) is 2.80. The Labute approximate surface area is 89.9 Å². The summed E-state index contributed by atoms with van der Waals surface area (Å²) < 4.78 is 16.3. The highest BCUT2D eigenvalue weighted by Crippen LogP contribution is 2.43. The fourth-order valence-electron chi connectivity index (χ4n) is 2.55. The summed E-state index contributed by atoms with van der Waals surface area (Å²) in [5.41, 5.74) is 0. The van der Waals surface area contributed by atoms with E-state index < -0.39 is 5.79 Å². The number of carbonyl (C=O) groups is 1. The maximum atomic E-state index is 11.4. The van der Waals surface area contributed by atoms with Gasteiger partial charge in [0.1, 0.15) is 0 Å². The van der Waals surface area contributed by atoms with Crippen LogP contribution in [0.15, 0.2) is 0 Å². The Balaban J connectivity index is 1.93. The fraction of sp³-hybridized carbons (Fsp3) is 0.909. The van der Waals surface area contributed by atoms with Crippen LogP contribution >= 0.6 is 0 Å². The zero-order chi connectivity index (χ0) is 10.7. The summed E-state index contributed by atoms with van der Waals surface area (Å²) in [6.07, 6.45) is 3.41. The van der Waals surface area contributed by atoms with Crippen molar-refractivity contribution in [3.8, 4) is 0 Å². The van der Waals surface area contributed by atoms with E-state index in [0.717, 1.165) is 19.3 Å². The Kier molecular flexibility index (Phi) is 3.26. The number of rotatable bonds is 3. The Morgan fingerprint density at radius 2 is 2.20 bits per heavy atom. The van der Waals surface area contributed by atoms with Gasteiger partial charge in [-0.15, -0.1) is 0 Å². The minimum atomic E-state index is -0.466. The molecule has 1 heterocycles. The van der Waals surface area contributed by atoms with Crippen LogP contribution in [0.5, 0.6) is 0 Å². The van der Waals surface area contributed by atoms with E-state index in [1.54, 1.807) is 0 Å². The molecule has 0 radical (unpaired) electrons. The molecular weight excluding hydrogens is 196 g/mol. The molecule has 15 heavy (non-hydrogen) atoms. The molecule has 2 fully saturated rings. The quantitative estimate of drug-likeness (QED) is 0.667. The third-order valence-electron chi connectivity index (χ3n) is 3.19. The van der Waals surface area contributed by atoms with E-state index >= 15 is 0 Å². The van der Waals surface area contributed by atoms with Crippen LogP contribution in [0.25, 0.3) is 0 Å². The third-order valence-corrected chi connectivity index (χ3v) is 3.19. The van der Waals surface area contributed by atoms with Gasteiger partial charge in [0.25, 0.3) is 0 Å². The van der Waals surface area contributed by atoms with Crippen LogP contribution in [0.2, 0.25) is 0 Å². The maximum absolute atomic E-state index is 11.4. The zero-order valence-corrected chi connectivity index (χ0v) is 9.16. The van der Waals surface area contributed by atoms with Crippen molar-refractivity contribution in [3.05, 3.63) is 0 Å². The second-order valence-corrected chi connectivity index (χ2v) is 4.11. The summed E-state index contributed by atoms with van der Waals surface area (Å²) in [6, 6.07) is 0. The van der Waals surface area contributed by atoms with Crippen molar-refractivity contribution in [2.45, 2.75) is 38.4 Å². The Hall–Kier alpha value is -0.610. The number of ether oxygens (including phenoxy) is 3. The van der Waals surface area contributed by atoms with Crippen LogP contribution in [0.1, 0.15) is 32.6 Å². The first-order valence-electron chi connectivity index (χ1n) is 5.70. The highest BCUT2D eigenvalue weighted by atomic mass is 16.7. The lowest BCUT2D eigenvalue weighted by Crippen LogP contribution is -2.35. The monoisotopic (exact) mass is 214 g/mol. The highest BCUT2D eigenvalue weighted by Gasteiger charge is 2.48. The van der Waals surface area contributed by atoms with Crippen LogP contribution in [-0.2, 0) is 19.0 Å². The van der Waals surface area contributed by atoms with Gasteiger partial charge in [-0.1, -0.05) is 0 Å². The van der Waals surface area contributed by atoms with E-state index in [2.05, 4.69) is 0 Å². The summed E-state index contributed by atoms with van der Waals surface area (Å²) >= 11 is 0. The van der Waals surface area contributed by atoms with Gasteiger partial charge in [0.05, 0.1) is 26.2 Å². The van der Waals surface area contributed by atoms with Crippen molar-refractivity contribution in [2.24, 2.45) is 5.92 Å². The number of hydrogen-bond donors (Lipinski definition) is 0. The molecule has 1 saturated heterocycles. The molecule has 2 aliphatic rings. The number of hydrogen-bond acceptors (Lipinski definition) is 4. The van der Waals surface area contributed by atoms with Crippen molar-refractivity contribution in [1.29, 1.82) is 0 Å². The lowest BCUT2D eigenvalue weighted by molar-refractivity contribution is -0.188. The smallest absolute Gasteiger partial charge is 0.306 e. The second kappa shape index (κ2) is 4.49. The van der Waals surface area contributed by atoms with Gasteiger partial charge < -0.3 is 14.2 Å². The van der Waals surface area contributed by atoms with Crippen LogP contribution in [0.3, 0.4) is 0 Å². The van der Waals surface area contributed by atoms with Gasteiger partial charge in [-0.25, -0.2) is 0 Å². The third kappa shape index (κ3) is 2.16. The molecule has 0 aromatic heterocycles. The minimum absolute atomic E-state index is 0.136. The summed E-state index contributed by atoms with van der Waals surface area (Å²) in [5.74, 6) is -0.422. The van der Waals surface area contributed by atoms with Crippen molar-refractivity contribution in [2.75, 3.05) is 19.8 Å². The topological polar surface area (TPSA) is 44.8 Å². The highest BCUT2D eigenvalue weighted by molar-refractivity contribution is 5.69. The molecule has 1 saturated carbocycles. The summed E-state index contributed by atoms with van der Waals surface area (Å²) in [6.45, 7) is 3.57.